The zero-order valence-electron chi connectivity index (χ0n) is 31.7. The number of hydrogen-bond donors (Lipinski definition) is 1. The molecule has 16 nitrogen and oxygen atoms in total. The molecule has 304 valence electrons. The molecule has 3 amide bonds. The van der Waals surface area contributed by atoms with Gasteiger partial charge in [-0.2, -0.15) is 0 Å². The number of hydrogen-bond acceptors (Lipinski definition) is 13. The number of pyridine rings is 1. The normalized spacial score (nSPS) is 22.0. The van der Waals surface area contributed by atoms with Crippen molar-refractivity contribution in [2.45, 2.75) is 50.8 Å². The zero-order chi connectivity index (χ0) is 40.0. The van der Waals surface area contributed by atoms with Crippen LogP contribution in [0.15, 0.2) is 35.3 Å². The molecule has 4 aliphatic heterocycles. The van der Waals surface area contributed by atoms with E-state index in [-0.39, 0.29) is 41.1 Å². The van der Waals surface area contributed by atoms with E-state index in [1.54, 1.807) is 16.7 Å². The van der Waals surface area contributed by atoms with Gasteiger partial charge in [0.15, 0.2) is 11.6 Å². The van der Waals surface area contributed by atoms with Crippen molar-refractivity contribution in [3.05, 3.63) is 57.9 Å². The van der Waals surface area contributed by atoms with Crippen molar-refractivity contribution in [1.82, 2.24) is 14.8 Å². The van der Waals surface area contributed by atoms with Crippen LogP contribution in [0.4, 0.5) is 35.4 Å². The molecule has 1 saturated carbocycles. The molecule has 1 aliphatic carbocycles. The van der Waals surface area contributed by atoms with Gasteiger partial charge in [-0.1, -0.05) is 0 Å². The maximum Gasteiger partial charge on any atom is 0.419 e. The number of morpholine rings is 1. The number of esters is 1. The average Bonchev–Trinajstić information content (AvgIpc) is 3.85. The van der Waals surface area contributed by atoms with Gasteiger partial charge in [-0.25, -0.2) is 28.1 Å². The predicted octanol–water partition coefficient (Wildman–Crippen LogP) is 3.77. The summed E-state index contributed by atoms with van der Waals surface area (Å²) in [6.45, 7) is 3.79. The summed E-state index contributed by atoms with van der Waals surface area (Å²) in [5, 5.41) is 3.46. The summed E-state index contributed by atoms with van der Waals surface area (Å²) >= 11 is 0. The molecular weight excluding hydrogens is 750 g/mol. The summed E-state index contributed by atoms with van der Waals surface area (Å²) in [6, 6.07) is 5.67. The lowest BCUT2D eigenvalue weighted by Crippen LogP contribution is -2.42. The number of nitrogens with zero attached hydrogens (tertiary/aromatic N) is 5. The fourth-order valence-corrected chi connectivity index (χ4v) is 8.32. The molecule has 0 radical (unpaired) electrons. The van der Waals surface area contributed by atoms with E-state index < -0.39 is 66.1 Å². The Bertz CT molecular complexity index is 2140. The molecule has 3 atom stereocenters. The third kappa shape index (κ3) is 7.55. The van der Waals surface area contributed by atoms with E-state index in [4.69, 9.17) is 23.7 Å². The number of nitrogens with one attached hydrogen (secondary N) is 1. The summed E-state index contributed by atoms with van der Waals surface area (Å²) in [7, 11) is 1.43. The summed E-state index contributed by atoms with van der Waals surface area (Å²) < 4.78 is 59.6. The van der Waals surface area contributed by atoms with Crippen LogP contribution in [-0.4, -0.2) is 119 Å². The number of carbonyl (C=O) groups excluding carboxylic acids is 4. The highest BCUT2D eigenvalue weighted by Gasteiger charge is 2.39. The summed E-state index contributed by atoms with van der Waals surface area (Å²) in [5.41, 5.74) is 0.0879. The first kappa shape index (κ1) is 38.4. The smallest absolute Gasteiger partial charge is 0.419 e. The quantitative estimate of drug-likeness (QED) is 0.234. The van der Waals surface area contributed by atoms with Crippen molar-refractivity contribution in [3.63, 3.8) is 0 Å². The van der Waals surface area contributed by atoms with Crippen LogP contribution in [0.3, 0.4) is 0 Å². The Labute approximate surface area is 326 Å². The van der Waals surface area contributed by atoms with E-state index in [9.17, 15) is 24.0 Å². The Morgan fingerprint density at radius 2 is 1.77 bits per heavy atom. The third-order valence-corrected chi connectivity index (χ3v) is 11.3. The minimum absolute atomic E-state index is 0.0557. The fourth-order valence-electron chi connectivity index (χ4n) is 8.32. The van der Waals surface area contributed by atoms with Crippen molar-refractivity contribution >= 4 is 52.0 Å². The minimum atomic E-state index is -1.20. The Balaban J connectivity index is 0.929. The van der Waals surface area contributed by atoms with Gasteiger partial charge in [0.25, 0.3) is 0 Å². The number of methoxy groups -OCH3 is 1. The molecular formula is C39H44F2N6O10. The minimum Gasteiger partial charge on any atom is -0.492 e. The van der Waals surface area contributed by atoms with Gasteiger partial charge in [0.2, 0.25) is 18.1 Å². The summed E-state index contributed by atoms with van der Waals surface area (Å²) in [4.78, 5) is 71.1. The Hall–Kier alpha value is -5.49. The SMILES string of the molecule is COc1c(N2C[C@@H]3CCCN[C@@H]3C2)c(F)cc2c(=O)c(C(=O)OCOC(=O)N(C[C@H]3CN(c4ccc(N5CCOCC5)c(F)c4)C(=O)O3)C(C)=O)cn(C3CC3)c12. The summed E-state index contributed by atoms with van der Waals surface area (Å²) in [5.74, 6) is -2.46. The van der Waals surface area contributed by atoms with Crippen LogP contribution in [-0.2, 0) is 23.7 Å². The van der Waals surface area contributed by atoms with Crippen LogP contribution in [0.25, 0.3) is 10.9 Å². The van der Waals surface area contributed by atoms with E-state index in [1.807, 2.05) is 9.80 Å². The molecule has 1 aromatic heterocycles. The number of aromatic nitrogens is 1. The molecule has 4 saturated heterocycles. The van der Waals surface area contributed by atoms with E-state index in [2.05, 4.69) is 5.32 Å². The van der Waals surface area contributed by atoms with Crippen LogP contribution in [0.5, 0.6) is 5.75 Å². The molecule has 1 N–H and O–H groups in total. The highest BCUT2D eigenvalue weighted by atomic mass is 19.1. The number of anilines is 3. The van der Waals surface area contributed by atoms with Gasteiger partial charge in [-0.05, 0) is 62.4 Å². The Morgan fingerprint density at radius 3 is 2.47 bits per heavy atom. The molecule has 0 spiro atoms. The highest BCUT2D eigenvalue weighted by Crippen LogP contribution is 2.45. The Morgan fingerprint density at radius 1 is 0.982 bits per heavy atom. The van der Waals surface area contributed by atoms with Crippen LogP contribution >= 0.6 is 0 Å². The molecule has 3 aromatic rings. The second-order valence-electron chi connectivity index (χ2n) is 15.0. The average molecular weight is 795 g/mol. The van der Waals surface area contributed by atoms with Crippen molar-refractivity contribution in [2.75, 3.05) is 87.6 Å². The first-order valence-electron chi connectivity index (χ1n) is 19.2. The molecule has 8 rings (SSSR count). The van der Waals surface area contributed by atoms with Crippen molar-refractivity contribution < 1.29 is 51.6 Å². The standard InChI is InChI=1S/C39H44F2N6O10/c1-22(48)45(17-26-18-47(39(52)57-26)25-7-8-32(29(40)14-25)43-10-12-54-13-11-43)38(51)56-21-55-37(50)28-19-46(24-5-6-24)33-27(35(28)49)15-30(41)34(36(33)53-2)44-16-23-4-3-9-42-31(23)20-44/h7-8,14-15,19,23-24,26,31,42H,3-6,9-13,16-18,20-21H2,1-2H3/t23-,26-,31+/m0/s1. The lowest BCUT2D eigenvalue weighted by Gasteiger charge is -2.29. The van der Waals surface area contributed by atoms with Crippen LogP contribution < -0.4 is 30.2 Å². The van der Waals surface area contributed by atoms with Gasteiger partial charge in [0, 0.05) is 51.4 Å². The largest absolute Gasteiger partial charge is 0.492 e. The van der Waals surface area contributed by atoms with Gasteiger partial charge in [0.05, 0.1) is 55.7 Å². The van der Waals surface area contributed by atoms with E-state index in [0.717, 1.165) is 45.2 Å². The number of rotatable bonds is 10. The molecule has 57 heavy (non-hydrogen) atoms. The molecule has 18 heteroatoms. The predicted molar refractivity (Wildman–Crippen MR) is 201 cm³/mol. The number of amides is 3. The van der Waals surface area contributed by atoms with Gasteiger partial charge in [0.1, 0.15) is 23.2 Å². The van der Waals surface area contributed by atoms with E-state index in [0.29, 0.717) is 61.4 Å². The molecule has 0 bridgehead atoms. The monoisotopic (exact) mass is 794 g/mol. The Kier molecular flexibility index (Phi) is 10.6. The first-order chi connectivity index (χ1) is 27.5. The topological polar surface area (TPSA) is 161 Å². The number of benzene rings is 2. The van der Waals surface area contributed by atoms with Gasteiger partial charge < -0.3 is 43.4 Å². The van der Waals surface area contributed by atoms with Gasteiger partial charge in [-0.15, -0.1) is 0 Å². The lowest BCUT2D eigenvalue weighted by atomic mass is 9.94. The summed E-state index contributed by atoms with van der Waals surface area (Å²) in [6.07, 6.45) is 2.01. The lowest BCUT2D eigenvalue weighted by molar-refractivity contribution is -0.128. The molecule has 0 unspecified atom stereocenters. The maximum absolute atomic E-state index is 16.0. The first-order valence-corrected chi connectivity index (χ1v) is 19.2. The van der Waals surface area contributed by atoms with Gasteiger partial charge in [-0.3, -0.25) is 14.5 Å². The number of ether oxygens (including phenoxy) is 5. The second kappa shape index (κ2) is 15.8. The second-order valence-corrected chi connectivity index (χ2v) is 15.0. The van der Waals surface area contributed by atoms with Crippen molar-refractivity contribution in [1.29, 1.82) is 0 Å². The molecule has 5 heterocycles. The zero-order valence-corrected chi connectivity index (χ0v) is 31.7. The van der Waals surface area contributed by atoms with Crippen molar-refractivity contribution in [3.8, 4) is 5.75 Å². The molecule has 2 aromatic carbocycles. The van der Waals surface area contributed by atoms with E-state index >= 15 is 8.78 Å². The number of carbonyl (C=O) groups is 4. The number of imide groups is 1. The molecule has 5 aliphatic rings. The third-order valence-electron chi connectivity index (χ3n) is 11.3. The van der Waals surface area contributed by atoms with Crippen LogP contribution in [0.2, 0.25) is 0 Å². The number of fused-ring (bicyclic) bond motifs is 2. The van der Waals surface area contributed by atoms with Crippen molar-refractivity contribution in [2.24, 2.45) is 5.92 Å². The maximum atomic E-state index is 16.0. The molecule has 5 fully saturated rings. The fraction of sp³-hybridized carbons (Fsp3) is 0.513. The number of cyclic esters (lactones) is 1. The van der Waals surface area contributed by atoms with Crippen LogP contribution in [0, 0.1) is 17.6 Å². The van der Waals surface area contributed by atoms with Crippen LogP contribution in [0.1, 0.15) is 49.0 Å². The number of piperidine rings is 1. The number of halogens is 2. The van der Waals surface area contributed by atoms with Gasteiger partial charge >= 0.3 is 18.2 Å². The highest BCUT2D eigenvalue weighted by molar-refractivity contribution is 5.98. The van der Waals surface area contributed by atoms with E-state index in [1.165, 1.54) is 24.3 Å².